The Morgan fingerprint density at radius 2 is 2.42 bits per heavy atom. The van der Waals surface area contributed by atoms with E-state index >= 15 is 0 Å². The second-order valence-electron chi connectivity index (χ2n) is 3.14. The molecule has 1 heterocycles. The molecule has 1 N–H and O–H groups in total. The zero-order valence-electron chi connectivity index (χ0n) is 6.64. The summed E-state index contributed by atoms with van der Waals surface area (Å²) in [6, 6.07) is 0. The smallest absolute Gasteiger partial charge is 0.211 e. The number of alkyl halides is 1. The first-order valence-corrected chi connectivity index (χ1v) is 4.09. The summed E-state index contributed by atoms with van der Waals surface area (Å²) in [4.78, 5) is 11.2. The van der Waals surface area contributed by atoms with Crippen molar-refractivity contribution in [3.8, 4) is 0 Å². The molecule has 2 nitrogen and oxygen atoms in total. The van der Waals surface area contributed by atoms with Crippen LogP contribution < -0.4 is 5.32 Å². The molecule has 0 aromatic heterocycles. The lowest BCUT2D eigenvalue weighted by Crippen LogP contribution is -2.46. The van der Waals surface area contributed by atoms with Gasteiger partial charge in [0.2, 0.25) is 5.67 Å². The Hall–Kier alpha value is -1.12. The Morgan fingerprint density at radius 3 is 3.17 bits per heavy atom. The largest absolute Gasteiger partial charge is 0.385 e. The van der Waals surface area contributed by atoms with E-state index in [-0.39, 0.29) is 0 Å². The molecule has 0 spiro atoms. The van der Waals surface area contributed by atoms with Gasteiger partial charge in [0, 0.05) is 6.54 Å². The minimum absolute atomic E-state index is 0.314. The quantitative estimate of drug-likeness (QED) is 0.585. The van der Waals surface area contributed by atoms with Crippen LogP contribution >= 0.6 is 0 Å². The van der Waals surface area contributed by atoms with Gasteiger partial charge in [0.05, 0.1) is 5.70 Å². The van der Waals surface area contributed by atoms with Crippen LogP contribution in [0.2, 0.25) is 0 Å². The van der Waals surface area contributed by atoms with Crippen molar-refractivity contribution in [3.05, 3.63) is 23.9 Å². The number of carbonyl (C=O) groups excluding carboxylic acids is 1. The molecule has 0 aromatic rings. The number of hydrogen-bond donors (Lipinski definition) is 1. The fourth-order valence-electron chi connectivity index (χ4n) is 1.64. The highest BCUT2D eigenvalue weighted by Crippen LogP contribution is 2.32. The summed E-state index contributed by atoms with van der Waals surface area (Å²) >= 11 is 0. The van der Waals surface area contributed by atoms with Gasteiger partial charge < -0.3 is 5.32 Å². The fraction of sp³-hybridized carbons (Fsp3) is 0.444. The first-order chi connectivity index (χ1) is 5.73. The molecular formula is C9H10FNO. The van der Waals surface area contributed by atoms with Gasteiger partial charge in [-0.2, -0.15) is 0 Å². The van der Waals surface area contributed by atoms with E-state index in [2.05, 4.69) is 5.32 Å². The third-order valence-electron chi connectivity index (χ3n) is 2.34. The molecule has 2 aliphatic rings. The van der Waals surface area contributed by atoms with Gasteiger partial charge in [0.1, 0.15) is 0 Å². The molecule has 0 unspecified atom stereocenters. The van der Waals surface area contributed by atoms with Crippen molar-refractivity contribution in [2.24, 2.45) is 0 Å². The van der Waals surface area contributed by atoms with Crippen molar-refractivity contribution >= 4 is 5.78 Å². The predicted molar refractivity (Wildman–Crippen MR) is 43.3 cm³/mol. The molecule has 1 aliphatic heterocycles. The first kappa shape index (κ1) is 7.53. The molecule has 1 atom stereocenters. The molecule has 2 rings (SSSR count). The fourth-order valence-corrected chi connectivity index (χ4v) is 1.64. The van der Waals surface area contributed by atoms with E-state index < -0.39 is 11.5 Å². The molecule has 1 fully saturated rings. The Morgan fingerprint density at radius 1 is 1.58 bits per heavy atom. The molecule has 1 aliphatic carbocycles. The van der Waals surface area contributed by atoms with Crippen LogP contribution in [0, 0.1) is 0 Å². The van der Waals surface area contributed by atoms with Gasteiger partial charge in [0.15, 0.2) is 5.78 Å². The zero-order valence-corrected chi connectivity index (χ0v) is 6.64. The number of nitrogens with one attached hydrogen (secondary N) is 1. The van der Waals surface area contributed by atoms with E-state index in [0.717, 1.165) is 6.54 Å². The van der Waals surface area contributed by atoms with E-state index in [4.69, 9.17) is 0 Å². The Balaban J connectivity index is 2.38. The third-order valence-corrected chi connectivity index (χ3v) is 2.34. The van der Waals surface area contributed by atoms with Gasteiger partial charge in [-0.05, 0) is 25.0 Å². The van der Waals surface area contributed by atoms with Gasteiger partial charge in [-0.25, -0.2) is 4.39 Å². The van der Waals surface area contributed by atoms with Gasteiger partial charge in [0.25, 0.3) is 0 Å². The van der Waals surface area contributed by atoms with Crippen LogP contribution in [0.25, 0.3) is 0 Å². The zero-order chi connectivity index (χ0) is 8.60. The number of ketones is 1. The van der Waals surface area contributed by atoms with Gasteiger partial charge >= 0.3 is 0 Å². The molecule has 0 radical (unpaired) electrons. The van der Waals surface area contributed by atoms with E-state index in [1.807, 2.05) is 0 Å². The van der Waals surface area contributed by atoms with Gasteiger partial charge in [-0.3, -0.25) is 4.79 Å². The van der Waals surface area contributed by atoms with E-state index in [0.29, 0.717) is 18.5 Å². The predicted octanol–water partition coefficient (Wildman–Crippen LogP) is 1.10. The van der Waals surface area contributed by atoms with E-state index in [1.54, 1.807) is 12.2 Å². The number of halogens is 1. The molecule has 0 saturated carbocycles. The number of carbonyl (C=O) groups is 1. The molecule has 3 heteroatoms. The summed E-state index contributed by atoms with van der Waals surface area (Å²) in [5.41, 5.74) is -1.31. The second kappa shape index (κ2) is 2.44. The summed E-state index contributed by atoms with van der Waals surface area (Å²) in [5, 5.41) is 2.91. The van der Waals surface area contributed by atoms with Crippen molar-refractivity contribution in [1.82, 2.24) is 5.32 Å². The Labute approximate surface area is 70.1 Å². The Kier molecular flexibility index (Phi) is 1.53. The number of rotatable bonds is 0. The number of allylic oxidation sites excluding steroid dienone is 4. The van der Waals surface area contributed by atoms with Crippen LogP contribution in [0.15, 0.2) is 23.9 Å². The molecule has 0 aromatic carbocycles. The van der Waals surface area contributed by atoms with Crippen molar-refractivity contribution < 1.29 is 9.18 Å². The van der Waals surface area contributed by atoms with Crippen molar-refractivity contribution in [2.45, 2.75) is 18.5 Å². The highest BCUT2D eigenvalue weighted by atomic mass is 19.1. The van der Waals surface area contributed by atoms with Crippen molar-refractivity contribution in [1.29, 1.82) is 0 Å². The maximum Gasteiger partial charge on any atom is 0.211 e. The van der Waals surface area contributed by atoms with E-state index in [1.165, 1.54) is 6.08 Å². The van der Waals surface area contributed by atoms with Crippen molar-refractivity contribution in [3.63, 3.8) is 0 Å². The minimum atomic E-state index is -1.74. The lowest BCUT2D eigenvalue weighted by molar-refractivity contribution is -0.124. The standard InChI is InChI=1S/C9H10FNO/c10-9-5-2-6-11-7(9)3-1-4-8(9)12/h1,3-4,11H,2,5-6H2/t9-/m1/s1. The van der Waals surface area contributed by atoms with Crippen LogP contribution in [0.4, 0.5) is 4.39 Å². The summed E-state index contributed by atoms with van der Waals surface area (Å²) in [5.74, 6) is -0.424. The summed E-state index contributed by atoms with van der Waals surface area (Å²) in [6.45, 7) is 0.763. The van der Waals surface area contributed by atoms with Crippen LogP contribution in [-0.2, 0) is 4.79 Å². The van der Waals surface area contributed by atoms with Crippen LogP contribution in [0.1, 0.15) is 12.8 Å². The summed E-state index contributed by atoms with van der Waals surface area (Å²) in [7, 11) is 0. The highest BCUT2D eigenvalue weighted by molar-refractivity contribution is 6.01. The monoisotopic (exact) mass is 167 g/mol. The topological polar surface area (TPSA) is 29.1 Å². The summed E-state index contributed by atoms with van der Waals surface area (Å²) in [6.07, 6.45) is 5.56. The average Bonchev–Trinajstić information content (AvgIpc) is 2.07. The van der Waals surface area contributed by atoms with Crippen molar-refractivity contribution in [2.75, 3.05) is 6.54 Å². The summed E-state index contributed by atoms with van der Waals surface area (Å²) < 4.78 is 13.9. The molecule has 1 saturated heterocycles. The number of hydrogen-bond acceptors (Lipinski definition) is 2. The minimum Gasteiger partial charge on any atom is -0.385 e. The second-order valence-corrected chi connectivity index (χ2v) is 3.14. The third kappa shape index (κ3) is 0.891. The van der Waals surface area contributed by atoms with E-state index in [9.17, 15) is 9.18 Å². The molecule has 0 amide bonds. The maximum atomic E-state index is 13.9. The molecule has 0 bridgehead atoms. The van der Waals surface area contributed by atoms with Gasteiger partial charge in [-0.15, -0.1) is 0 Å². The highest BCUT2D eigenvalue weighted by Gasteiger charge is 2.43. The lowest BCUT2D eigenvalue weighted by atomic mass is 9.85. The molecular weight excluding hydrogens is 157 g/mol. The molecule has 64 valence electrons. The first-order valence-electron chi connectivity index (χ1n) is 4.09. The number of piperidine rings is 1. The van der Waals surface area contributed by atoms with Crippen LogP contribution in [0.3, 0.4) is 0 Å². The lowest BCUT2D eigenvalue weighted by Gasteiger charge is -2.32. The normalized spacial score (nSPS) is 33.8. The van der Waals surface area contributed by atoms with Crippen LogP contribution in [-0.4, -0.2) is 18.0 Å². The molecule has 12 heavy (non-hydrogen) atoms. The van der Waals surface area contributed by atoms with Gasteiger partial charge in [-0.1, -0.05) is 6.08 Å². The maximum absolute atomic E-state index is 13.9. The SMILES string of the molecule is O=C1C=CC=C2NCCC[C@]12F. The average molecular weight is 167 g/mol. The number of fused-ring (bicyclic) bond motifs is 1. The Bertz CT molecular complexity index is 282. The van der Waals surface area contributed by atoms with Crippen LogP contribution in [0.5, 0.6) is 0 Å².